The fourth-order valence-electron chi connectivity index (χ4n) is 2.77. The summed E-state index contributed by atoms with van der Waals surface area (Å²) in [6, 6.07) is 8.95. The molecule has 2 atom stereocenters. The van der Waals surface area contributed by atoms with Crippen LogP contribution in [-0.2, 0) is 0 Å². The third kappa shape index (κ3) is 3.11. The maximum atomic E-state index is 6.12. The molecule has 2 aliphatic rings. The summed E-state index contributed by atoms with van der Waals surface area (Å²) in [5.41, 5.74) is 7.50. The molecule has 19 heavy (non-hydrogen) atoms. The zero-order chi connectivity index (χ0) is 13.2. The van der Waals surface area contributed by atoms with Gasteiger partial charge in [-0.3, -0.25) is 0 Å². The summed E-state index contributed by atoms with van der Waals surface area (Å²) in [5, 5.41) is 0. The number of benzene rings is 1. The first-order valence-corrected chi connectivity index (χ1v) is 7.87. The van der Waals surface area contributed by atoms with Crippen LogP contribution >= 0.6 is 15.9 Å². The molecule has 2 fully saturated rings. The van der Waals surface area contributed by atoms with E-state index in [9.17, 15) is 0 Å². The molecule has 2 N–H and O–H groups in total. The van der Waals surface area contributed by atoms with E-state index in [1.165, 1.54) is 24.8 Å². The van der Waals surface area contributed by atoms with Crippen LogP contribution in [0.25, 0.3) is 0 Å². The van der Waals surface area contributed by atoms with Crippen molar-refractivity contribution in [3.05, 3.63) is 34.3 Å². The molecule has 0 spiro atoms. The lowest BCUT2D eigenvalue weighted by Gasteiger charge is -2.27. The number of guanidine groups is 1. The van der Waals surface area contributed by atoms with Gasteiger partial charge in [-0.15, -0.1) is 0 Å². The van der Waals surface area contributed by atoms with E-state index in [1.54, 1.807) is 0 Å². The van der Waals surface area contributed by atoms with Gasteiger partial charge in [-0.25, -0.2) is 4.99 Å². The molecule has 0 amide bonds. The summed E-state index contributed by atoms with van der Waals surface area (Å²) in [5.74, 6) is 1.32. The number of rotatable bonds is 2. The molecule has 1 aliphatic carbocycles. The number of piperidine rings is 1. The number of aliphatic imine (C=N–C) groups is 1. The van der Waals surface area contributed by atoms with Gasteiger partial charge in [0, 0.05) is 23.5 Å². The second-order valence-corrected chi connectivity index (χ2v) is 6.41. The standard InChI is InChI=1S/C15H20BrN3/c16-12-6-4-11(5-7-12)13-10-14(13)18-15(17)19-8-2-1-3-9-19/h4-7,13-14H,1-3,8-10H2,(H2,17,18). The number of halogens is 1. The summed E-state index contributed by atoms with van der Waals surface area (Å²) in [4.78, 5) is 6.94. The zero-order valence-corrected chi connectivity index (χ0v) is 12.6. The predicted molar refractivity (Wildman–Crippen MR) is 82.3 cm³/mol. The van der Waals surface area contributed by atoms with Crippen molar-refractivity contribution >= 4 is 21.9 Å². The largest absolute Gasteiger partial charge is 0.370 e. The van der Waals surface area contributed by atoms with Gasteiger partial charge in [0.2, 0.25) is 0 Å². The summed E-state index contributed by atoms with van der Waals surface area (Å²) >= 11 is 3.47. The van der Waals surface area contributed by atoms with Gasteiger partial charge in [-0.1, -0.05) is 28.1 Å². The van der Waals surface area contributed by atoms with E-state index in [4.69, 9.17) is 10.7 Å². The minimum Gasteiger partial charge on any atom is -0.370 e. The van der Waals surface area contributed by atoms with Gasteiger partial charge < -0.3 is 10.6 Å². The van der Waals surface area contributed by atoms with Crippen molar-refractivity contribution in [3.63, 3.8) is 0 Å². The highest BCUT2D eigenvalue weighted by Crippen LogP contribution is 2.43. The Hall–Kier alpha value is -1.03. The monoisotopic (exact) mass is 321 g/mol. The topological polar surface area (TPSA) is 41.6 Å². The van der Waals surface area contributed by atoms with Gasteiger partial charge in [-0.05, 0) is 43.4 Å². The molecule has 102 valence electrons. The summed E-state index contributed by atoms with van der Waals surface area (Å²) in [6.45, 7) is 2.15. The normalized spacial score (nSPS) is 27.4. The van der Waals surface area contributed by atoms with Crippen molar-refractivity contribution in [3.8, 4) is 0 Å². The summed E-state index contributed by atoms with van der Waals surface area (Å²) in [6.07, 6.45) is 4.96. The molecular formula is C15H20BrN3. The number of likely N-dealkylation sites (tertiary alicyclic amines) is 1. The van der Waals surface area contributed by atoms with E-state index >= 15 is 0 Å². The second kappa shape index (κ2) is 5.53. The summed E-state index contributed by atoms with van der Waals surface area (Å²) in [7, 11) is 0. The van der Waals surface area contributed by atoms with E-state index in [0.29, 0.717) is 12.0 Å². The Balaban J connectivity index is 1.61. The van der Waals surface area contributed by atoms with Gasteiger partial charge in [0.05, 0.1) is 6.04 Å². The molecule has 1 saturated carbocycles. The lowest BCUT2D eigenvalue weighted by atomic mass is 10.1. The smallest absolute Gasteiger partial charge is 0.191 e. The van der Waals surface area contributed by atoms with Crippen molar-refractivity contribution in [2.24, 2.45) is 10.7 Å². The van der Waals surface area contributed by atoms with Crippen LogP contribution < -0.4 is 5.73 Å². The maximum Gasteiger partial charge on any atom is 0.191 e. The lowest BCUT2D eigenvalue weighted by molar-refractivity contribution is 0.338. The van der Waals surface area contributed by atoms with Gasteiger partial charge in [0.1, 0.15) is 0 Å². The molecule has 0 radical (unpaired) electrons. The van der Waals surface area contributed by atoms with Crippen LogP contribution in [0.15, 0.2) is 33.7 Å². The number of hydrogen-bond acceptors (Lipinski definition) is 1. The SMILES string of the molecule is NC(=NC1CC1c1ccc(Br)cc1)N1CCCCC1. The Morgan fingerprint density at radius 1 is 1.16 bits per heavy atom. The van der Waals surface area contributed by atoms with Crippen LogP contribution in [0.3, 0.4) is 0 Å². The average Bonchev–Trinajstić information content (AvgIpc) is 3.20. The molecule has 0 bridgehead atoms. The van der Waals surface area contributed by atoms with Crippen molar-refractivity contribution in [1.82, 2.24) is 4.90 Å². The molecule has 4 heteroatoms. The van der Waals surface area contributed by atoms with Gasteiger partial charge >= 0.3 is 0 Å². The van der Waals surface area contributed by atoms with Crippen LogP contribution in [0.5, 0.6) is 0 Å². The summed E-state index contributed by atoms with van der Waals surface area (Å²) < 4.78 is 1.13. The average molecular weight is 322 g/mol. The van der Waals surface area contributed by atoms with Gasteiger partial charge in [-0.2, -0.15) is 0 Å². The third-order valence-electron chi connectivity index (χ3n) is 4.03. The molecule has 1 aromatic carbocycles. The van der Waals surface area contributed by atoms with E-state index in [-0.39, 0.29) is 0 Å². The number of nitrogens with zero attached hydrogens (tertiary/aromatic N) is 2. The first-order chi connectivity index (χ1) is 9.24. The number of nitrogens with two attached hydrogens (primary N) is 1. The molecule has 1 aliphatic heterocycles. The van der Waals surface area contributed by atoms with Crippen LogP contribution in [-0.4, -0.2) is 30.0 Å². The van der Waals surface area contributed by atoms with E-state index < -0.39 is 0 Å². The van der Waals surface area contributed by atoms with Crippen molar-refractivity contribution < 1.29 is 0 Å². The first kappa shape index (κ1) is 13.0. The Kier molecular flexibility index (Phi) is 3.78. The molecule has 2 unspecified atom stereocenters. The highest BCUT2D eigenvalue weighted by atomic mass is 79.9. The van der Waals surface area contributed by atoms with Gasteiger partial charge in [0.25, 0.3) is 0 Å². The molecule has 3 nitrogen and oxygen atoms in total. The molecule has 3 rings (SSSR count). The van der Waals surface area contributed by atoms with E-state index in [0.717, 1.165) is 29.9 Å². The Labute approximate surface area is 123 Å². The number of hydrogen-bond donors (Lipinski definition) is 1. The van der Waals surface area contributed by atoms with Crippen LogP contribution in [0.1, 0.15) is 37.2 Å². The Morgan fingerprint density at radius 3 is 2.53 bits per heavy atom. The zero-order valence-electron chi connectivity index (χ0n) is 11.1. The van der Waals surface area contributed by atoms with Crippen molar-refractivity contribution in [2.75, 3.05) is 13.1 Å². The van der Waals surface area contributed by atoms with E-state index in [1.807, 2.05) is 0 Å². The highest BCUT2D eigenvalue weighted by molar-refractivity contribution is 9.10. The maximum absolute atomic E-state index is 6.12. The fraction of sp³-hybridized carbons (Fsp3) is 0.533. The Morgan fingerprint density at radius 2 is 1.84 bits per heavy atom. The highest BCUT2D eigenvalue weighted by Gasteiger charge is 2.38. The Bertz CT molecular complexity index is 463. The van der Waals surface area contributed by atoms with Gasteiger partial charge in [0.15, 0.2) is 5.96 Å². The minimum absolute atomic E-state index is 0.392. The van der Waals surface area contributed by atoms with Crippen molar-refractivity contribution in [2.45, 2.75) is 37.6 Å². The van der Waals surface area contributed by atoms with E-state index in [2.05, 4.69) is 45.1 Å². The minimum atomic E-state index is 0.392. The van der Waals surface area contributed by atoms with Crippen molar-refractivity contribution in [1.29, 1.82) is 0 Å². The van der Waals surface area contributed by atoms with Crippen LogP contribution in [0.2, 0.25) is 0 Å². The predicted octanol–water partition coefficient (Wildman–Crippen LogP) is 3.11. The molecular weight excluding hydrogens is 302 g/mol. The molecule has 1 heterocycles. The molecule has 1 saturated heterocycles. The fourth-order valence-corrected chi connectivity index (χ4v) is 3.03. The molecule has 1 aromatic rings. The van der Waals surface area contributed by atoms with Crippen LogP contribution in [0, 0.1) is 0 Å². The second-order valence-electron chi connectivity index (χ2n) is 5.50. The lowest BCUT2D eigenvalue weighted by Crippen LogP contribution is -2.41. The van der Waals surface area contributed by atoms with Crippen LogP contribution in [0.4, 0.5) is 0 Å². The molecule has 0 aromatic heterocycles. The quantitative estimate of drug-likeness (QED) is 0.671. The third-order valence-corrected chi connectivity index (χ3v) is 4.56. The first-order valence-electron chi connectivity index (χ1n) is 7.08.